The van der Waals surface area contributed by atoms with Crippen LogP contribution >= 0.6 is 0 Å². The van der Waals surface area contributed by atoms with E-state index in [1.165, 1.54) is 5.56 Å². The summed E-state index contributed by atoms with van der Waals surface area (Å²) in [5.74, 6) is 1.15. The van der Waals surface area contributed by atoms with E-state index in [0.717, 1.165) is 44.8 Å². The number of hydrogen-bond donors (Lipinski definition) is 1. The molecular weight excluding hydrogens is 252 g/mol. The molecule has 5 nitrogen and oxygen atoms in total. The number of rotatable bonds is 5. The molecule has 1 aliphatic heterocycles. The molecular formula is C15H24N4O. The Morgan fingerprint density at radius 3 is 3.05 bits per heavy atom. The van der Waals surface area contributed by atoms with E-state index in [0.29, 0.717) is 6.54 Å². The molecule has 0 radical (unpaired) electrons. The molecule has 1 aromatic heterocycles. The van der Waals surface area contributed by atoms with Crippen LogP contribution in [0.2, 0.25) is 0 Å². The third-order valence-electron chi connectivity index (χ3n) is 3.58. The normalized spacial score (nSPS) is 17.1. The van der Waals surface area contributed by atoms with Crippen molar-refractivity contribution in [3.63, 3.8) is 0 Å². The third kappa shape index (κ3) is 3.93. The summed E-state index contributed by atoms with van der Waals surface area (Å²) in [4.78, 5) is 20.4. The van der Waals surface area contributed by atoms with Gasteiger partial charge in [-0.15, -0.1) is 0 Å². The number of amides is 1. The third-order valence-corrected chi connectivity index (χ3v) is 3.58. The Balaban J connectivity index is 2.03. The van der Waals surface area contributed by atoms with E-state index in [9.17, 15) is 4.79 Å². The summed E-state index contributed by atoms with van der Waals surface area (Å²) < 4.78 is 0. The van der Waals surface area contributed by atoms with Crippen molar-refractivity contribution in [3.05, 3.63) is 23.9 Å². The molecule has 0 bridgehead atoms. The fraction of sp³-hybridized carbons (Fsp3) is 0.600. The maximum absolute atomic E-state index is 11.9. The smallest absolute Gasteiger partial charge is 0.236 e. The van der Waals surface area contributed by atoms with Crippen molar-refractivity contribution in [1.82, 2.24) is 14.8 Å². The lowest BCUT2D eigenvalue weighted by molar-refractivity contribution is -0.129. The number of pyridine rings is 1. The van der Waals surface area contributed by atoms with Gasteiger partial charge in [-0.1, -0.05) is 13.0 Å². The van der Waals surface area contributed by atoms with Crippen molar-refractivity contribution in [2.24, 2.45) is 0 Å². The first kappa shape index (κ1) is 14.8. The summed E-state index contributed by atoms with van der Waals surface area (Å²) in [5.41, 5.74) is 1.17. The van der Waals surface area contributed by atoms with Gasteiger partial charge in [0.25, 0.3) is 0 Å². The molecule has 0 spiro atoms. The van der Waals surface area contributed by atoms with Crippen LogP contribution in [0.3, 0.4) is 0 Å². The molecule has 2 heterocycles. The summed E-state index contributed by atoms with van der Waals surface area (Å²) >= 11 is 0. The van der Waals surface area contributed by atoms with Crippen LogP contribution in [0.4, 0.5) is 5.82 Å². The van der Waals surface area contributed by atoms with E-state index in [4.69, 9.17) is 0 Å². The molecule has 5 heteroatoms. The minimum absolute atomic E-state index is 0.203. The Bertz CT molecular complexity index is 449. The predicted octanol–water partition coefficient (Wildman–Crippen LogP) is 1.57. The first-order valence-corrected chi connectivity index (χ1v) is 7.34. The molecule has 0 atom stereocenters. The van der Waals surface area contributed by atoms with Gasteiger partial charge in [0.2, 0.25) is 5.91 Å². The number of nitrogens with one attached hydrogen (secondary N) is 1. The molecule has 20 heavy (non-hydrogen) atoms. The van der Waals surface area contributed by atoms with Gasteiger partial charge in [0, 0.05) is 45.0 Å². The molecule has 1 amide bonds. The summed E-state index contributed by atoms with van der Waals surface area (Å²) in [6, 6.07) is 4.04. The van der Waals surface area contributed by atoms with Crippen molar-refractivity contribution in [3.8, 4) is 0 Å². The first-order chi connectivity index (χ1) is 9.70. The zero-order valence-electron chi connectivity index (χ0n) is 12.4. The van der Waals surface area contributed by atoms with E-state index in [-0.39, 0.29) is 5.91 Å². The van der Waals surface area contributed by atoms with Crippen molar-refractivity contribution in [2.45, 2.75) is 26.3 Å². The summed E-state index contributed by atoms with van der Waals surface area (Å²) in [6.07, 6.45) is 3.91. The quantitative estimate of drug-likeness (QED) is 0.887. The first-order valence-electron chi connectivity index (χ1n) is 7.34. The van der Waals surface area contributed by atoms with Gasteiger partial charge in [-0.2, -0.15) is 0 Å². The second kappa shape index (κ2) is 7.24. The highest BCUT2D eigenvalue weighted by molar-refractivity contribution is 5.78. The highest BCUT2D eigenvalue weighted by Gasteiger charge is 2.19. The monoisotopic (exact) mass is 276 g/mol. The van der Waals surface area contributed by atoms with E-state index in [1.807, 2.05) is 24.2 Å². The van der Waals surface area contributed by atoms with Crippen molar-refractivity contribution < 1.29 is 4.79 Å². The van der Waals surface area contributed by atoms with Crippen molar-refractivity contribution in [2.75, 3.05) is 38.5 Å². The molecule has 0 aliphatic carbocycles. The van der Waals surface area contributed by atoms with Crippen molar-refractivity contribution >= 4 is 11.7 Å². The van der Waals surface area contributed by atoms with Gasteiger partial charge in [0.15, 0.2) is 0 Å². The summed E-state index contributed by atoms with van der Waals surface area (Å²) in [5, 5.41) is 3.35. The van der Waals surface area contributed by atoms with Crippen LogP contribution in [0, 0.1) is 0 Å². The van der Waals surface area contributed by atoms with Gasteiger partial charge in [-0.25, -0.2) is 4.98 Å². The van der Waals surface area contributed by atoms with Gasteiger partial charge in [0.05, 0.1) is 6.54 Å². The minimum atomic E-state index is 0.203. The maximum Gasteiger partial charge on any atom is 0.236 e. The minimum Gasteiger partial charge on any atom is -0.370 e. The lowest BCUT2D eigenvalue weighted by Gasteiger charge is -2.20. The zero-order chi connectivity index (χ0) is 14.4. The van der Waals surface area contributed by atoms with Gasteiger partial charge < -0.3 is 10.2 Å². The number of anilines is 1. The predicted molar refractivity (Wildman–Crippen MR) is 80.5 cm³/mol. The van der Waals surface area contributed by atoms with Crippen LogP contribution in [0.15, 0.2) is 18.3 Å². The van der Waals surface area contributed by atoms with E-state index in [1.54, 1.807) is 0 Å². The van der Waals surface area contributed by atoms with E-state index in [2.05, 4.69) is 28.2 Å². The van der Waals surface area contributed by atoms with Gasteiger partial charge >= 0.3 is 0 Å². The van der Waals surface area contributed by atoms with Crippen LogP contribution in [-0.4, -0.2) is 53.9 Å². The van der Waals surface area contributed by atoms with Crippen LogP contribution in [0.5, 0.6) is 0 Å². The Labute approximate surface area is 121 Å². The second-order valence-corrected chi connectivity index (χ2v) is 5.32. The summed E-state index contributed by atoms with van der Waals surface area (Å²) in [6.45, 7) is 6.14. The largest absolute Gasteiger partial charge is 0.370 e. The van der Waals surface area contributed by atoms with Gasteiger partial charge in [-0.3, -0.25) is 9.69 Å². The average molecular weight is 276 g/mol. The Kier molecular flexibility index (Phi) is 5.35. The molecule has 0 unspecified atom stereocenters. The lowest BCUT2D eigenvalue weighted by atomic mass is 10.2. The van der Waals surface area contributed by atoms with Crippen LogP contribution in [-0.2, 0) is 11.3 Å². The zero-order valence-corrected chi connectivity index (χ0v) is 12.4. The highest BCUT2D eigenvalue weighted by Crippen LogP contribution is 2.15. The number of hydrogen-bond acceptors (Lipinski definition) is 4. The Morgan fingerprint density at radius 2 is 2.25 bits per heavy atom. The van der Waals surface area contributed by atoms with E-state index < -0.39 is 0 Å². The molecule has 2 rings (SSSR count). The maximum atomic E-state index is 11.9. The molecule has 0 saturated carbocycles. The van der Waals surface area contributed by atoms with E-state index >= 15 is 0 Å². The number of carbonyl (C=O) groups excluding carboxylic acids is 1. The number of aromatic nitrogens is 1. The topological polar surface area (TPSA) is 48.5 Å². The molecule has 1 aliphatic rings. The average Bonchev–Trinajstić information content (AvgIpc) is 2.60. The fourth-order valence-corrected chi connectivity index (χ4v) is 2.39. The van der Waals surface area contributed by atoms with Crippen LogP contribution in [0.1, 0.15) is 25.3 Å². The number of likely N-dealkylation sites (N-methyl/N-ethyl adjacent to an activating group) is 1. The molecule has 1 saturated heterocycles. The Morgan fingerprint density at radius 1 is 1.40 bits per heavy atom. The Hall–Kier alpha value is -1.62. The van der Waals surface area contributed by atoms with Gasteiger partial charge in [0.1, 0.15) is 5.82 Å². The summed E-state index contributed by atoms with van der Waals surface area (Å²) in [7, 11) is 1.88. The highest BCUT2D eigenvalue weighted by atomic mass is 16.2. The van der Waals surface area contributed by atoms with Crippen LogP contribution < -0.4 is 5.32 Å². The van der Waals surface area contributed by atoms with Gasteiger partial charge in [-0.05, 0) is 18.9 Å². The standard InChI is InChI=1S/C15H24N4O/c1-3-7-16-15-13(6-4-8-17-15)11-19-10-5-9-18(2)14(20)12-19/h4,6,8H,3,5,7,9-12H2,1-2H3,(H,16,17). The fourth-order valence-electron chi connectivity index (χ4n) is 2.39. The molecule has 110 valence electrons. The molecule has 1 aromatic rings. The number of nitrogens with zero attached hydrogens (tertiary/aromatic N) is 3. The lowest BCUT2D eigenvalue weighted by Crippen LogP contribution is -2.34. The second-order valence-electron chi connectivity index (χ2n) is 5.32. The van der Waals surface area contributed by atoms with Crippen LogP contribution in [0.25, 0.3) is 0 Å². The molecule has 1 fully saturated rings. The molecule has 1 N–H and O–H groups in total. The number of carbonyl (C=O) groups is 1. The molecule has 0 aromatic carbocycles. The SMILES string of the molecule is CCCNc1ncccc1CN1CCCN(C)C(=O)C1. The van der Waals surface area contributed by atoms with Crippen molar-refractivity contribution in [1.29, 1.82) is 0 Å².